The fourth-order valence-electron chi connectivity index (χ4n) is 2.63. The predicted octanol–water partition coefficient (Wildman–Crippen LogP) is 3.57. The first kappa shape index (κ1) is 18.7. The molecule has 0 atom stereocenters. The first-order valence-electron chi connectivity index (χ1n) is 8.29. The Morgan fingerprint density at radius 1 is 1.22 bits per heavy atom. The third-order valence-electron chi connectivity index (χ3n) is 4.04. The standard InChI is InChI=1S/C19H19ClN4O3/c1-11-4-6-15(7-5-11)24-13(3)18(12(2)23-24)22-17(25)10-27-19(26)16-8-14(20)9-21-16/h4-9,21H,10H2,1-3H3,(H,22,25). The van der Waals surface area contributed by atoms with Gasteiger partial charge in [0.15, 0.2) is 6.61 Å². The number of carbonyl (C=O) groups excluding carboxylic acids is 2. The van der Waals surface area contributed by atoms with Crippen molar-refractivity contribution in [1.82, 2.24) is 14.8 Å². The molecule has 0 saturated heterocycles. The number of carbonyl (C=O) groups is 2. The lowest BCUT2D eigenvalue weighted by Crippen LogP contribution is -2.21. The Morgan fingerprint density at radius 2 is 1.93 bits per heavy atom. The highest BCUT2D eigenvalue weighted by atomic mass is 35.5. The SMILES string of the molecule is Cc1ccc(-n2nc(C)c(NC(=O)COC(=O)c3cc(Cl)c[nH]3)c2C)cc1. The number of aryl methyl sites for hydroxylation is 2. The van der Waals surface area contributed by atoms with Gasteiger partial charge >= 0.3 is 5.97 Å². The number of hydrogen-bond acceptors (Lipinski definition) is 4. The molecule has 140 valence electrons. The molecule has 0 spiro atoms. The van der Waals surface area contributed by atoms with Crippen LogP contribution < -0.4 is 5.32 Å². The van der Waals surface area contributed by atoms with E-state index in [1.807, 2.05) is 38.1 Å². The normalized spacial score (nSPS) is 10.7. The van der Waals surface area contributed by atoms with Crippen molar-refractivity contribution in [2.24, 2.45) is 0 Å². The van der Waals surface area contributed by atoms with Gasteiger partial charge in [0.25, 0.3) is 5.91 Å². The molecular weight excluding hydrogens is 368 g/mol. The summed E-state index contributed by atoms with van der Waals surface area (Å²) in [4.78, 5) is 26.7. The van der Waals surface area contributed by atoms with E-state index in [9.17, 15) is 9.59 Å². The van der Waals surface area contributed by atoms with Gasteiger partial charge in [-0.3, -0.25) is 4.79 Å². The summed E-state index contributed by atoms with van der Waals surface area (Å²) in [5.41, 5.74) is 4.29. The predicted molar refractivity (Wildman–Crippen MR) is 102 cm³/mol. The average Bonchev–Trinajstić information content (AvgIpc) is 3.19. The molecule has 3 aromatic rings. The quantitative estimate of drug-likeness (QED) is 0.656. The molecule has 2 heterocycles. The van der Waals surface area contributed by atoms with Crippen molar-refractivity contribution in [3.05, 3.63) is 64.2 Å². The monoisotopic (exact) mass is 386 g/mol. The van der Waals surface area contributed by atoms with Gasteiger partial charge in [-0.05, 0) is 39.0 Å². The summed E-state index contributed by atoms with van der Waals surface area (Å²) in [7, 11) is 0. The van der Waals surface area contributed by atoms with Gasteiger partial charge in [0.1, 0.15) is 5.69 Å². The number of aromatic amines is 1. The minimum absolute atomic E-state index is 0.187. The number of nitrogens with zero attached hydrogens (tertiary/aromatic N) is 2. The van der Waals surface area contributed by atoms with Crippen molar-refractivity contribution in [1.29, 1.82) is 0 Å². The summed E-state index contributed by atoms with van der Waals surface area (Å²) in [6.07, 6.45) is 1.46. The summed E-state index contributed by atoms with van der Waals surface area (Å²) >= 11 is 5.74. The molecule has 3 rings (SSSR count). The van der Waals surface area contributed by atoms with Gasteiger partial charge in [-0.15, -0.1) is 0 Å². The molecule has 1 amide bonds. The summed E-state index contributed by atoms with van der Waals surface area (Å²) in [5, 5.41) is 7.63. The zero-order chi connectivity index (χ0) is 19.6. The highest BCUT2D eigenvalue weighted by molar-refractivity contribution is 6.30. The summed E-state index contributed by atoms with van der Waals surface area (Å²) in [5.74, 6) is -1.10. The fourth-order valence-corrected chi connectivity index (χ4v) is 2.79. The lowest BCUT2D eigenvalue weighted by Gasteiger charge is -2.08. The molecule has 0 fully saturated rings. The number of amides is 1. The smallest absolute Gasteiger partial charge is 0.355 e. The number of benzene rings is 1. The van der Waals surface area contributed by atoms with E-state index >= 15 is 0 Å². The number of H-pyrrole nitrogens is 1. The Kier molecular flexibility index (Phi) is 5.32. The van der Waals surface area contributed by atoms with E-state index in [0.29, 0.717) is 16.4 Å². The van der Waals surface area contributed by atoms with E-state index in [1.165, 1.54) is 12.3 Å². The van der Waals surface area contributed by atoms with Gasteiger partial charge in [0.2, 0.25) is 0 Å². The maximum Gasteiger partial charge on any atom is 0.355 e. The number of halogens is 1. The topological polar surface area (TPSA) is 89.0 Å². The van der Waals surface area contributed by atoms with E-state index in [1.54, 1.807) is 11.6 Å². The third kappa shape index (κ3) is 4.20. The van der Waals surface area contributed by atoms with Gasteiger partial charge in [0, 0.05) is 6.20 Å². The molecule has 0 aliphatic heterocycles. The van der Waals surface area contributed by atoms with Crippen LogP contribution in [0.3, 0.4) is 0 Å². The Balaban J connectivity index is 1.67. The second kappa shape index (κ2) is 7.67. The molecule has 0 radical (unpaired) electrons. The second-order valence-electron chi connectivity index (χ2n) is 6.15. The van der Waals surface area contributed by atoms with Crippen LogP contribution in [0.25, 0.3) is 5.69 Å². The van der Waals surface area contributed by atoms with Crippen LogP contribution in [0.15, 0.2) is 36.5 Å². The van der Waals surface area contributed by atoms with Crippen LogP contribution >= 0.6 is 11.6 Å². The fraction of sp³-hybridized carbons (Fsp3) is 0.211. The summed E-state index contributed by atoms with van der Waals surface area (Å²) < 4.78 is 6.75. The number of anilines is 1. The molecule has 0 saturated carbocycles. The zero-order valence-electron chi connectivity index (χ0n) is 15.2. The number of nitrogens with one attached hydrogen (secondary N) is 2. The van der Waals surface area contributed by atoms with E-state index in [0.717, 1.165) is 16.9 Å². The van der Waals surface area contributed by atoms with Crippen molar-refractivity contribution in [3.8, 4) is 5.69 Å². The molecule has 0 unspecified atom stereocenters. The van der Waals surface area contributed by atoms with Gasteiger partial charge < -0.3 is 15.0 Å². The van der Waals surface area contributed by atoms with Gasteiger partial charge in [0.05, 0.1) is 27.8 Å². The van der Waals surface area contributed by atoms with Crippen LogP contribution in [-0.4, -0.2) is 33.2 Å². The van der Waals surface area contributed by atoms with Crippen molar-refractivity contribution < 1.29 is 14.3 Å². The van der Waals surface area contributed by atoms with E-state index in [4.69, 9.17) is 16.3 Å². The van der Waals surface area contributed by atoms with Crippen LogP contribution in [0.5, 0.6) is 0 Å². The van der Waals surface area contributed by atoms with Crippen LogP contribution in [0.4, 0.5) is 5.69 Å². The summed E-state index contributed by atoms with van der Waals surface area (Å²) in [6, 6.07) is 9.35. The van der Waals surface area contributed by atoms with Gasteiger partial charge in [-0.2, -0.15) is 5.10 Å². The number of esters is 1. The lowest BCUT2D eigenvalue weighted by atomic mass is 10.2. The van der Waals surface area contributed by atoms with E-state index in [2.05, 4.69) is 15.4 Å². The van der Waals surface area contributed by atoms with Crippen LogP contribution in [0.1, 0.15) is 27.4 Å². The largest absolute Gasteiger partial charge is 0.451 e. The van der Waals surface area contributed by atoms with Crippen molar-refractivity contribution in [3.63, 3.8) is 0 Å². The number of aromatic nitrogens is 3. The first-order chi connectivity index (χ1) is 12.8. The second-order valence-corrected chi connectivity index (χ2v) is 6.59. The highest BCUT2D eigenvalue weighted by Gasteiger charge is 2.17. The Morgan fingerprint density at radius 3 is 2.56 bits per heavy atom. The molecule has 2 aromatic heterocycles. The maximum absolute atomic E-state index is 12.2. The van der Waals surface area contributed by atoms with Crippen molar-refractivity contribution >= 4 is 29.2 Å². The third-order valence-corrected chi connectivity index (χ3v) is 4.25. The molecule has 2 N–H and O–H groups in total. The van der Waals surface area contributed by atoms with Crippen molar-refractivity contribution in [2.45, 2.75) is 20.8 Å². The zero-order valence-corrected chi connectivity index (χ0v) is 15.9. The number of hydrogen-bond donors (Lipinski definition) is 2. The number of ether oxygens (including phenoxy) is 1. The number of rotatable bonds is 5. The van der Waals surface area contributed by atoms with Gasteiger partial charge in [-0.25, -0.2) is 9.48 Å². The highest BCUT2D eigenvalue weighted by Crippen LogP contribution is 2.23. The van der Waals surface area contributed by atoms with Crippen LogP contribution in [0.2, 0.25) is 5.02 Å². The molecule has 0 aliphatic rings. The van der Waals surface area contributed by atoms with Crippen LogP contribution in [0, 0.1) is 20.8 Å². The van der Waals surface area contributed by atoms with Crippen molar-refractivity contribution in [2.75, 3.05) is 11.9 Å². The maximum atomic E-state index is 12.2. The Bertz CT molecular complexity index is 989. The average molecular weight is 387 g/mol. The Labute approximate surface area is 161 Å². The molecule has 8 heteroatoms. The summed E-state index contributed by atoms with van der Waals surface area (Å²) in [6.45, 7) is 5.27. The lowest BCUT2D eigenvalue weighted by molar-refractivity contribution is -0.119. The Hall–Kier alpha value is -3.06. The first-order valence-corrected chi connectivity index (χ1v) is 8.67. The molecule has 1 aromatic carbocycles. The molecular formula is C19H19ClN4O3. The molecule has 7 nitrogen and oxygen atoms in total. The minimum atomic E-state index is -0.652. The molecule has 0 aliphatic carbocycles. The van der Waals surface area contributed by atoms with E-state index < -0.39 is 18.5 Å². The molecule has 27 heavy (non-hydrogen) atoms. The van der Waals surface area contributed by atoms with E-state index in [-0.39, 0.29) is 5.69 Å². The van der Waals surface area contributed by atoms with Gasteiger partial charge in [-0.1, -0.05) is 29.3 Å². The minimum Gasteiger partial charge on any atom is -0.451 e. The molecule has 0 bridgehead atoms. The van der Waals surface area contributed by atoms with Crippen LogP contribution in [-0.2, 0) is 9.53 Å².